The van der Waals surface area contributed by atoms with E-state index in [1.54, 1.807) is 6.20 Å². The molecule has 2 aromatic heterocycles. The Kier molecular flexibility index (Phi) is 3.41. The molecule has 1 fully saturated rings. The average molecular weight is 333 g/mol. The van der Waals surface area contributed by atoms with Gasteiger partial charge in [-0.05, 0) is 41.5 Å². The van der Waals surface area contributed by atoms with Crippen LogP contribution in [0, 0.1) is 0 Å². The molecule has 0 amide bonds. The zero-order valence-electron chi connectivity index (χ0n) is 13.9. The molecule has 0 aliphatic carbocycles. The van der Waals surface area contributed by atoms with E-state index in [-0.39, 0.29) is 0 Å². The van der Waals surface area contributed by atoms with Gasteiger partial charge in [0.15, 0.2) is 0 Å². The first-order valence-electron chi connectivity index (χ1n) is 8.61. The van der Waals surface area contributed by atoms with Gasteiger partial charge in [0.05, 0.1) is 5.69 Å². The number of benzene rings is 1. The fourth-order valence-electron chi connectivity index (χ4n) is 3.49. The number of aromatic nitrogens is 3. The highest BCUT2D eigenvalue weighted by Gasteiger charge is 2.21. The van der Waals surface area contributed by atoms with Crippen LogP contribution < -0.4 is 15.0 Å². The molecule has 0 bridgehead atoms. The summed E-state index contributed by atoms with van der Waals surface area (Å²) < 4.78 is 7.83. The Morgan fingerprint density at radius 1 is 1.04 bits per heavy atom. The van der Waals surface area contributed by atoms with Gasteiger partial charge in [-0.25, -0.2) is 4.68 Å². The number of nitrogens with one attached hydrogen (secondary N) is 1. The van der Waals surface area contributed by atoms with E-state index in [2.05, 4.69) is 45.6 Å². The highest BCUT2D eigenvalue weighted by atomic mass is 16.5. The Morgan fingerprint density at radius 2 is 1.92 bits per heavy atom. The zero-order valence-corrected chi connectivity index (χ0v) is 13.9. The van der Waals surface area contributed by atoms with Crippen LogP contribution in [0.25, 0.3) is 16.8 Å². The largest absolute Gasteiger partial charge is 0.472 e. The van der Waals surface area contributed by atoms with E-state index < -0.39 is 0 Å². The lowest BCUT2D eigenvalue weighted by Crippen LogP contribution is -2.43. The van der Waals surface area contributed by atoms with Crippen LogP contribution in [0.5, 0.6) is 5.88 Å². The Labute approximate surface area is 146 Å². The van der Waals surface area contributed by atoms with E-state index in [0.717, 1.165) is 54.7 Å². The van der Waals surface area contributed by atoms with Gasteiger partial charge in [-0.2, -0.15) is 10.1 Å². The SMILES string of the molecule is c1cnn(-c2ccc3c(c2)COc2nc(N4CCNCC4)ccc2-3)c1. The van der Waals surface area contributed by atoms with Crippen LogP contribution in [-0.4, -0.2) is 40.9 Å². The molecule has 0 atom stereocenters. The molecule has 1 saturated heterocycles. The van der Waals surface area contributed by atoms with Crippen LogP contribution in [0.1, 0.15) is 5.56 Å². The highest BCUT2D eigenvalue weighted by molar-refractivity contribution is 5.75. The second-order valence-corrected chi connectivity index (χ2v) is 6.34. The lowest BCUT2D eigenvalue weighted by atomic mass is 9.98. The molecular weight excluding hydrogens is 314 g/mol. The Bertz CT molecular complexity index is 900. The van der Waals surface area contributed by atoms with Crippen molar-refractivity contribution in [2.75, 3.05) is 31.1 Å². The minimum Gasteiger partial charge on any atom is -0.472 e. The number of nitrogens with zero attached hydrogens (tertiary/aromatic N) is 4. The van der Waals surface area contributed by atoms with E-state index in [4.69, 9.17) is 9.72 Å². The molecule has 1 N–H and O–H groups in total. The zero-order chi connectivity index (χ0) is 16.6. The molecule has 2 aliphatic heterocycles. The number of rotatable bonds is 2. The third-order valence-corrected chi connectivity index (χ3v) is 4.80. The summed E-state index contributed by atoms with van der Waals surface area (Å²) in [4.78, 5) is 7.07. The summed E-state index contributed by atoms with van der Waals surface area (Å²) in [5.41, 5.74) is 4.46. The quantitative estimate of drug-likeness (QED) is 0.779. The first-order chi connectivity index (χ1) is 12.4. The number of pyridine rings is 1. The molecule has 4 heterocycles. The third kappa shape index (κ3) is 2.55. The molecule has 1 aromatic carbocycles. The van der Waals surface area contributed by atoms with Crippen molar-refractivity contribution in [2.45, 2.75) is 6.61 Å². The number of hydrogen-bond acceptors (Lipinski definition) is 5. The number of fused-ring (bicyclic) bond motifs is 3. The van der Waals surface area contributed by atoms with Crippen molar-refractivity contribution in [1.29, 1.82) is 0 Å². The van der Waals surface area contributed by atoms with Crippen LogP contribution in [-0.2, 0) is 6.61 Å². The van der Waals surface area contributed by atoms with Gasteiger partial charge in [0.1, 0.15) is 12.4 Å². The Balaban J connectivity index is 1.50. The van der Waals surface area contributed by atoms with Gasteiger partial charge in [0.2, 0.25) is 5.88 Å². The van der Waals surface area contributed by atoms with Crippen molar-refractivity contribution in [3.05, 3.63) is 54.4 Å². The Morgan fingerprint density at radius 3 is 2.76 bits per heavy atom. The number of anilines is 1. The average Bonchev–Trinajstić information content (AvgIpc) is 3.22. The summed E-state index contributed by atoms with van der Waals surface area (Å²) in [6.45, 7) is 4.50. The fourth-order valence-corrected chi connectivity index (χ4v) is 3.49. The van der Waals surface area contributed by atoms with E-state index in [1.807, 2.05) is 16.9 Å². The molecular formula is C19H19N5O. The highest BCUT2D eigenvalue weighted by Crippen LogP contribution is 2.38. The van der Waals surface area contributed by atoms with Gasteiger partial charge >= 0.3 is 0 Å². The molecule has 6 nitrogen and oxygen atoms in total. The Hall–Kier alpha value is -2.86. The van der Waals surface area contributed by atoms with Crippen LogP contribution in [0.2, 0.25) is 0 Å². The van der Waals surface area contributed by atoms with Crippen molar-refractivity contribution in [3.8, 4) is 22.7 Å². The molecule has 0 spiro atoms. The lowest BCUT2D eigenvalue weighted by molar-refractivity contribution is 0.290. The maximum atomic E-state index is 5.97. The minimum atomic E-state index is 0.537. The molecule has 2 aliphatic rings. The van der Waals surface area contributed by atoms with Gasteiger partial charge in [-0.3, -0.25) is 0 Å². The first kappa shape index (κ1) is 14.5. The van der Waals surface area contributed by atoms with Gasteiger partial charge in [-0.15, -0.1) is 0 Å². The van der Waals surface area contributed by atoms with Crippen molar-refractivity contribution in [1.82, 2.24) is 20.1 Å². The number of ether oxygens (including phenoxy) is 1. The van der Waals surface area contributed by atoms with E-state index >= 15 is 0 Å². The molecule has 5 rings (SSSR count). The van der Waals surface area contributed by atoms with Crippen LogP contribution in [0.3, 0.4) is 0 Å². The van der Waals surface area contributed by atoms with Gasteiger partial charge < -0.3 is 15.0 Å². The van der Waals surface area contributed by atoms with E-state index in [0.29, 0.717) is 6.61 Å². The second kappa shape index (κ2) is 5.89. The molecule has 0 saturated carbocycles. The van der Waals surface area contributed by atoms with Crippen LogP contribution in [0.4, 0.5) is 5.82 Å². The smallest absolute Gasteiger partial charge is 0.223 e. The molecule has 25 heavy (non-hydrogen) atoms. The fraction of sp³-hybridized carbons (Fsp3) is 0.263. The third-order valence-electron chi connectivity index (χ3n) is 4.80. The molecule has 0 radical (unpaired) electrons. The first-order valence-corrected chi connectivity index (χ1v) is 8.61. The van der Waals surface area contributed by atoms with Gasteiger partial charge in [0, 0.05) is 44.1 Å². The monoisotopic (exact) mass is 333 g/mol. The molecule has 3 aromatic rings. The van der Waals surface area contributed by atoms with Crippen molar-refractivity contribution in [2.24, 2.45) is 0 Å². The summed E-state index contributed by atoms with van der Waals surface area (Å²) in [7, 11) is 0. The standard InChI is InChI=1S/C19H19N5O/c1-6-21-24(9-1)15-2-3-16-14(12-15)13-25-19-17(16)4-5-18(22-19)23-10-7-20-8-11-23/h1-6,9,12,20H,7-8,10-11,13H2. The maximum absolute atomic E-state index is 5.97. The summed E-state index contributed by atoms with van der Waals surface area (Å²) in [5.74, 6) is 1.73. The van der Waals surface area contributed by atoms with Crippen molar-refractivity contribution in [3.63, 3.8) is 0 Å². The molecule has 6 heteroatoms. The topological polar surface area (TPSA) is 55.2 Å². The normalized spacial score (nSPS) is 16.1. The minimum absolute atomic E-state index is 0.537. The van der Waals surface area contributed by atoms with Crippen LogP contribution in [0.15, 0.2) is 48.8 Å². The second-order valence-electron chi connectivity index (χ2n) is 6.34. The number of piperazine rings is 1. The predicted octanol–water partition coefficient (Wildman–Crippen LogP) is 2.24. The van der Waals surface area contributed by atoms with E-state index in [1.165, 1.54) is 5.56 Å². The lowest BCUT2D eigenvalue weighted by Gasteiger charge is -2.29. The summed E-state index contributed by atoms with van der Waals surface area (Å²) in [6.07, 6.45) is 3.73. The van der Waals surface area contributed by atoms with Crippen LogP contribution >= 0.6 is 0 Å². The van der Waals surface area contributed by atoms with Gasteiger partial charge in [0.25, 0.3) is 0 Å². The summed E-state index contributed by atoms with van der Waals surface area (Å²) >= 11 is 0. The molecule has 0 unspecified atom stereocenters. The number of hydrogen-bond donors (Lipinski definition) is 1. The van der Waals surface area contributed by atoms with Crippen molar-refractivity contribution < 1.29 is 4.74 Å². The maximum Gasteiger partial charge on any atom is 0.223 e. The summed E-state index contributed by atoms with van der Waals surface area (Å²) in [5, 5.41) is 7.66. The van der Waals surface area contributed by atoms with Gasteiger partial charge in [-0.1, -0.05) is 6.07 Å². The van der Waals surface area contributed by atoms with Crippen molar-refractivity contribution >= 4 is 5.82 Å². The van der Waals surface area contributed by atoms with E-state index in [9.17, 15) is 0 Å². The summed E-state index contributed by atoms with van der Waals surface area (Å²) in [6, 6.07) is 12.5. The predicted molar refractivity (Wildman–Crippen MR) is 96.2 cm³/mol. The molecule has 126 valence electrons.